The van der Waals surface area contributed by atoms with E-state index in [9.17, 15) is 0 Å². The average molecular weight is 321 g/mol. The maximum absolute atomic E-state index is 9.10. The fourth-order valence-corrected chi connectivity index (χ4v) is 3.69. The highest BCUT2D eigenvalue weighted by Crippen LogP contribution is 2.39. The van der Waals surface area contributed by atoms with E-state index < -0.39 is 5.66 Å². The highest BCUT2D eigenvalue weighted by Gasteiger charge is 2.37. The van der Waals surface area contributed by atoms with Crippen LogP contribution in [0.2, 0.25) is 0 Å². The summed E-state index contributed by atoms with van der Waals surface area (Å²) < 4.78 is 5.62. The second kappa shape index (κ2) is 5.94. The van der Waals surface area contributed by atoms with Gasteiger partial charge < -0.3 is 10.5 Å². The van der Waals surface area contributed by atoms with Gasteiger partial charge in [-0.25, -0.2) is 0 Å². The van der Waals surface area contributed by atoms with E-state index in [2.05, 4.69) is 30.9 Å². The van der Waals surface area contributed by atoms with Crippen molar-refractivity contribution < 1.29 is 4.74 Å². The van der Waals surface area contributed by atoms with Gasteiger partial charge in [0.05, 0.1) is 24.4 Å². The number of hydrogen-bond acceptors (Lipinski definition) is 4. The molecule has 4 heteroatoms. The number of fused-ring (bicyclic) bond motifs is 1. The summed E-state index contributed by atoms with van der Waals surface area (Å²) in [7, 11) is 1.69. The first-order valence-corrected chi connectivity index (χ1v) is 8.08. The monoisotopic (exact) mass is 321 g/mol. The Labute approximate surface area is 143 Å². The second-order valence-corrected chi connectivity index (χ2v) is 6.76. The molecule has 3 rings (SSSR count). The highest BCUT2D eigenvalue weighted by molar-refractivity contribution is 5.48. The smallest absolute Gasteiger partial charge is 0.125 e. The van der Waals surface area contributed by atoms with E-state index in [4.69, 9.17) is 15.7 Å². The Balaban J connectivity index is 2.00. The fourth-order valence-electron chi connectivity index (χ4n) is 3.69. The van der Waals surface area contributed by atoms with Gasteiger partial charge in [0.2, 0.25) is 0 Å². The van der Waals surface area contributed by atoms with Crippen LogP contribution in [0.4, 0.5) is 0 Å². The van der Waals surface area contributed by atoms with E-state index in [1.54, 1.807) is 7.11 Å². The Morgan fingerprint density at radius 3 is 2.54 bits per heavy atom. The van der Waals surface area contributed by atoms with Crippen molar-refractivity contribution in [3.63, 3.8) is 0 Å². The molecule has 0 spiro atoms. The van der Waals surface area contributed by atoms with Crippen LogP contribution in [0, 0.1) is 25.2 Å². The summed E-state index contributed by atoms with van der Waals surface area (Å²) >= 11 is 0. The van der Waals surface area contributed by atoms with Crippen molar-refractivity contribution in [2.24, 2.45) is 5.73 Å². The molecule has 0 saturated carbocycles. The first-order valence-electron chi connectivity index (χ1n) is 8.08. The van der Waals surface area contributed by atoms with Crippen LogP contribution in [0.5, 0.6) is 5.75 Å². The molecular formula is C20H23N3O. The minimum atomic E-state index is -0.658. The molecule has 24 heavy (non-hydrogen) atoms. The Hall–Kier alpha value is -2.35. The summed E-state index contributed by atoms with van der Waals surface area (Å²) in [5, 5.41) is 9.10. The third-order valence-electron chi connectivity index (χ3n) is 4.88. The first-order chi connectivity index (χ1) is 11.4. The number of nitrogens with zero attached hydrogens (tertiary/aromatic N) is 2. The molecule has 1 atom stereocenters. The molecule has 124 valence electrons. The van der Waals surface area contributed by atoms with E-state index >= 15 is 0 Å². The molecule has 2 N–H and O–H groups in total. The fraction of sp³-hybridized carbons (Fsp3) is 0.350. The second-order valence-electron chi connectivity index (χ2n) is 6.76. The summed E-state index contributed by atoms with van der Waals surface area (Å²) in [4.78, 5) is 2.24. The zero-order chi connectivity index (χ0) is 17.5. The Morgan fingerprint density at radius 1 is 1.17 bits per heavy atom. The molecule has 1 aliphatic heterocycles. The van der Waals surface area contributed by atoms with Gasteiger partial charge in [-0.3, -0.25) is 4.90 Å². The lowest BCUT2D eigenvalue weighted by Crippen LogP contribution is -2.49. The largest absolute Gasteiger partial charge is 0.496 e. The number of rotatable bonds is 3. The minimum Gasteiger partial charge on any atom is -0.496 e. The molecule has 1 unspecified atom stereocenters. The van der Waals surface area contributed by atoms with Crippen LogP contribution in [0.15, 0.2) is 30.3 Å². The van der Waals surface area contributed by atoms with Gasteiger partial charge in [-0.15, -0.1) is 0 Å². The predicted molar refractivity (Wildman–Crippen MR) is 94.4 cm³/mol. The van der Waals surface area contributed by atoms with Gasteiger partial charge in [-0.05, 0) is 61.2 Å². The van der Waals surface area contributed by atoms with Crippen LogP contribution in [-0.2, 0) is 18.8 Å². The molecule has 2 aromatic rings. The van der Waals surface area contributed by atoms with Gasteiger partial charge in [0.25, 0.3) is 0 Å². The lowest BCUT2D eigenvalue weighted by Gasteiger charge is -2.37. The van der Waals surface area contributed by atoms with Crippen molar-refractivity contribution in [2.75, 3.05) is 7.11 Å². The average Bonchev–Trinajstić information content (AvgIpc) is 2.97. The number of ether oxygens (including phenoxy) is 1. The lowest BCUT2D eigenvalue weighted by atomic mass is 9.93. The lowest BCUT2D eigenvalue weighted by molar-refractivity contribution is 0.102. The van der Waals surface area contributed by atoms with Crippen LogP contribution >= 0.6 is 0 Å². The number of hydrogen-bond donors (Lipinski definition) is 1. The minimum absolute atomic E-state index is 0.658. The topological polar surface area (TPSA) is 62.3 Å². The number of aryl methyl sites for hydroxylation is 2. The third kappa shape index (κ3) is 2.66. The third-order valence-corrected chi connectivity index (χ3v) is 4.88. The Kier molecular flexibility index (Phi) is 4.08. The molecule has 4 nitrogen and oxygen atoms in total. The zero-order valence-electron chi connectivity index (χ0n) is 14.7. The van der Waals surface area contributed by atoms with E-state index in [-0.39, 0.29) is 0 Å². The number of methoxy groups -OCH3 is 1. The molecule has 0 aliphatic carbocycles. The molecule has 0 amide bonds. The number of nitriles is 1. The maximum Gasteiger partial charge on any atom is 0.125 e. The van der Waals surface area contributed by atoms with Crippen molar-refractivity contribution in [1.29, 1.82) is 5.26 Å². The molecule has 1 aliphatic rings. The van der Waals surface area contributed by atoms with Crippen LogP contribution < -0.4 is 10.5 Å². The number of nitrogens with two attached hydrogens (primary N) is 1. The SMILES string of the molecule is COc1cc(C)cc(C)c1C(C)(N)N1Cc2ccc(C#N)cc2C1. The Morgan fingerprint density at radius 2 is 1.88 bits per heavy atom. The standard InChI is InChI=1S/C20H23N3O/c1-13-7-14(2)19(18(8-13)24-4)20(3,22)23-11-16-6-5-15(10-21)9-17(16)12-23/h5-9H,11-12,22H2,1-4H3. The summed E-state index contributed by atoms with van der Waals surface area (Å²) in [6.07, 6.45) is 0. The van der Waals surface area contributed by atoms with Crippen LogP contribution in [0.1, 0.15) is 40.3 Å². The molecule has 0 radical (unpaired) electrons. The highest BCUT2D eigenvalue weighted by atomic mass is 16.5. The summed E-state index contributed by atoms with van der Waals surface area (Å²) in [5.41, 5.74) is 12.6. The molecule has 0 bridgehead atoms. The van der Waals surface area contributed by atoms with Crippen molar-refractivity contribution in [1.82, 2.24) is 4.90 Å². The van der Waals surface area contributed by atoms with Gasteiger partial charge in [-0.1, -0.05) is 12.1 Å². The predicted octanol–water partition coefficient (Wildman–Crippen LogP) is 3.33. The van der Waals surface area contributed by atoms with Crippen LogP contribution in [0.25, 0.3) is 0 Å². The van der Waals surface area contributed by atoms with Crippen molar-refractivity contribution >= 4 is 0 Å². The summed E-state index contributed by atoms with van der Waals surface area (Å²) in [6.45, 7) is 7.67. The molecule has 0 fully saturated rings. The van der Waals surface area contributed by atoms with Crippen LogP contribution in [-0.4, -0.2) is 12.0 Å². The zero-order valence-corrected chi connectivity index (χ0v) is 14.7. The summed E-state index contributed by atoms with van der Waals surface area (Å²) in [6, 6.07) is 12.2. The molecule has 2 aromatic carbocycles. The normalized spacial score (nSPS) is 16.3. The molecule has 0 saturated heterocycles. The first kappa shape index (κ1) is 16.5. The van der Waals surface area contributed by atoms with Crippen LogP contribution in [0.3, 0.4) is 0 Å². The maximum atomic E-state index is 9.10. The molecular weight excluding hydrogens is 298 g/mol. The molecule has 0 aromatic heterocycles. The van der Waals surface area contributed by atoms with Crippen molar-refractivity contribution in [3.8, 4) is 11.8 Å². The van der Waals surface area contributed by atoms with Gasteiger partial charge in [0.1, 0.15) is 5.75 Å². The van der Waals surface area contributed by atoms with E-state index in [0.717, 1.165) is 35.5 Å². The van der Waals surface area contributed by atoms with E-state index in [1.807, 2.05) is 31.2 Å². The Bertz CT molecular complexity index is 834. The molecule has 1 heterocycles. The van der Waals surface area contributed by atoms with Gasteiger partial charge in [-0.2, -0.15) is 5.26 Å². The van der Waals surface area contributed by atoms with Gasteiger partial charge in [0.15, 0.2) is 0 Å². The van der Waals surface area contributed by atoms with Gasteiger partial charge >= 0.3 is 0 Å². The van der Waals surface area contributed by atoms with E-state index in [1.165, 1.54) is 11.1 Å². The summed E-state index contributed by atoms with van der Waals surface area (Å²) in [5.74, 6) is 0.825. The number of benzene rings is 2. The van der Waals surface area contributed by atoms with Crippen molar-refractivity contribution in [2.45, 2.75) is 39.5 Å². The van der Waals surface area contributed by atoms with Crippen molar-refractivity contribution in [3.05, 3.63) is 63.7 Å². The van der Waals surface area contributed by atoms with Gasteiger partial charge in [0, 0.05) is 18.7 Å². The quantitative estimate of drug-likeness (QED) is 0.942. The van der Waals surface area contributed by atoms with E-state index in [0.29, 0.717) is 5.56 Å².